The zero-order valence-corrected chi connectivity index (χ0v) is 10.1. The fourth-order valence-electron chi connectivity index (χ4n) is 2.06. The molecular weight excluding hydrogens is 190 g/mol. The van der Waals surface area contributed by atoms with Gasteiger partial charge in [-0.05, 0) is 20.3 Å². The Labute approximate surface area is 91.7 Å². The van der Waals surface area contributed by atoms with Crippen LogP contribution in [0.5, 0.6) is 0 Å². The van der Waals surface area contributed by atoms with E-state index in [1.165, 1.54) is 0 Å². The van der Waals surface area contributed by atoms with Crippen LogP contribution in [0.25, 0.3) is 0 Å². The topological polar surface area (TPSA) is 47.4 Å². The Morgan fingerprint density at radius 3 is 2.60 bits per heavy atom. The van der Waals surface area contributed by atoms with Crippen LogP contribution in [-0.4, -0.2) is 47.2 Å². The van der Waals surface area contributed by atoms with E-state index in [9.17, 15) is 4.79 Å². The lowest BCUT2D eigenvalue weighted by atomic mass is 9.97. The molecule has 1 saturated heterocycles. The first-order valence-electron chi connectivity index (χ1n) is 5.52. The summed E-state index contributed by atoms with van der Waals surface area (Å²) >= 11 is 0. The molecule has 1 amide bonds. The largest absolute Gasteiger partial charge is 0.345 e. The third kappa shape index (κ3) is 2.13. The average molecular weight is 211 g/mol. The third-order valence-corrected chi connectivity index (χ3v) is 3.02. The molecule has 86 valence electrons. The first-order chi connectivity index (χ1) is 6.91. The van der Waals surface area contributed by atoms with Crippen LogP contribution in [0, 0.1) is 5.41 Å². The van der Waals surface area contributed by atoms with E-state index in [0.29, 0.717) is 12.4 Å². The lowest BCUT2D eigenvalue weighted by Crippen LogP contribution is -2.63. The number of nitrogens with one attached hydrogen (secondary N) is 1. The molecule has 0 atom stereocenters. The fraction of sp³-hybridized carbons (Fsp3) is 0.818. The zero-order valence-electron chi connectivity index (χ0n) is 10.1. The van der Waals surface area contributed by atoms with Crippen molar-refractivity contribution in [2.75, 3.05) is 20.1 Å². The van der Waals surface area contributed by atoms with Crippen LogP contribution in [0.3, 0.4) is 0 Å². The third-order valence-electron chi connectivity index (χ3n) is 3.02. The van der Waals surface area contributed by atoms with Crippen molar-refractivity contribution in [3.8, 4) is 0 Å². The highest BCUT2D eigenvalue weighted by Gasteiger charge is 2.41. The number of carbonyl (C=O) groups is 1. The van der Waals surface area contributed by atoms with Gasteiger partial charge in [0.15, 0.2) is 0 Å². The summed E-state index contributed by atoms with van der Waals surface area (Å²) in [5.41, 5.74) is -0.556. The molecule has 0 aromatic carbocycles. The van der Waals surface area contributed by atoms with Gasteiger partial charge in [-0.15, -0.1) is 0 Å². The summed E-state index contributed by atoms with van der Waals surface area (Å²) in [5, 5.41) is 7.95. The second-order valence-corrected chi connectivity index (χ2v) is 4.63. The lowest BCUT2D eigenvalue weighted by molar-refractivity contribution is -0.143. The maximum absolute atomic E-state index is 12.0. The highest BCUT2D eigenvalue weighted by atomic mass is 16.2. The number of likely N-dealkylation sites (N-methyl/N-ethyl adjacent to an activating group) is 1. The van der Waals surface area contributed by atoms with Gasteiger partial charge in [0.25, 0.3) is 0 Å². The molecule has 4 heteroatoms. The number of carbonyl (C=O) groups excluding carboxylic acids is 1. The van der Waals surface area contributed by atoms with Gasteiger partial charge in [0.1, 0.15) is 5.54 Å². The Balaban J connectivity index is 2.82. The first-order valence-corrected chi connectivity index (χ1v) is 5.52. The van der Waals surface area contributed by atoms with Crippen molar-refractivity contribution in [1.29, 1.82) is 5.41 Å². The molecule has 15 heavy (non-hydrogen) atoms. The molecule has 0 unspecified atom stereocenters. The molecule has 0 aliphatic carbocycles. The van der Waals surface area contributed by atoms with Crippen LogP contribution >= 0.6 is 0 Å². The van der Waals surface area contributed by atoms with Crippen LogP contribution < -0.4 is 0 Å². The predicted molar refractivity (Wildman–Crippen MR) is 61.1 cm³/mol. The second-order valence-electron chi connectivity index (χ2n) is 4.63. The van der Waals surface area contributed by atoms with Crippen LogP contribution in [-0.2, 0) is 4.79 Å². The van der Waals surface area contributed by atoms with Gasteiger partial charge >= 0.3 is 0 Å². The van der Waals surface area contributed by atoms with E-state index in [4.69, 9.17) is 5.41 Å². The Morgan fingerprint density at radius 2 is 2.07 bits per heavy atom. The minimum atomic E-state index is -0.556. The van der Waals surface area contributed by atoms with Gasteiger partial charge in [0.05, 0.1) is 5.84 Å². The number of rotatable bonds is 2. The van der Waals surface area contributed by atoms with Gasteiger partial charge in [-0.1, -0.05) is 6.92 Å². The number of amides is 1. The molecule has 0 saturated carbocycles. The molecular formula is C11H21N3O. The van der Waals surface area contributed by atoms with Crippen LogP contribution in [0.1, 0.15) is 33.6 Å². The van der Waals surface area contributed by atoms with Crippen LogP contribution in [0.4, 0.5) is 0 Å². The molecule has 1 fully saturated rings. The summed E-state index contributed by atoms with van der Waals surface area (Å²) in [7, 11) is 1.82. The van der Waals surface area contributed by atoms with Crippen molar-refractivity contribution in [2.24, 2.45) is 0 Å². The SMILES string of the molecule is CCCC(=N)N1CCN(C)C(=O)C1(C)C. The normalized spacial score (nSPS) is 20.7. The quantitative estimate of drug-likeness (QED) is 0.553. The summed E-state index contributed by atoms with van der Waals surface area (Å²) in [5.74, 6) is 0.693. The van der Waals surface area contributed by atoms with Crippen LogP contribution in [0.15, 0.2) is 0 Å². The summed E-state index contributed by atoms with van der Waals surface area (Å²) in [6.45, 7) is 7.34. The molecule has 0 radical (unpaired) electrons. The molecule has 0 bridgehead atoms. The molecule has 1 N–H and O–H groups in total. The molecule has 1 aliphatic heterocycles. The van der Waals surface area contributed by atoms with Gasteiger partial charge in [0.2, 0.25) is 5.91 Å². The van der Waals surface area contributed by atoms with Gasteiger partial charge in [-0.2, -0.15) is 0 Å². The number of hydrogen-bond donors (Lipinski definition) is 1. The maximum atomic E-state index is 12.0. The van der Waals surface area contributed by atoms with E-state index in [0.717, 1.165) is 19.4 Å². The minimum absolute atomic E-state index is 0.106. The Hall–Kier alpha value is -1.06. The van der Waals surface area contributed by atoms with E-state index in [1.54, 1.807) is 4.90 Å². The maximum Gasteiger partial charge on any atom is 0.247 e. The number of hydrogen-bond acceptors (Lipinski definition) is 2. The predicted octanol–water partition coefficient (Wildman–Crippen LogP) is 1.32. The van der Waals surface area contributed by atoms with E-state index >= 15 is 0 Å². The van der Waals surface area contributed by atoms with E-state index in [-0.39, 0.29) is 5.91 Å². The van der Waals surface area contributed by atoms with E-state index in [2.05, 4.69) is 6.92 Å². The Morgan fingerprint density at radius 1 is 1.47 bits per heavy atom. The molecule has 0 spiro atoms. The lowest BCUT2D eigenvalue weighted by Gasteiger charge is -2.46. The summed E-state index contributed by atoms with van der Waals surface area (Å²) in [4.78, 5) is 15.6. The van der Waals surface area contributed by atoms with Gasteiger partial charge < -0.3 is 9.80 Å². The number of nitrogens with zero attached hydrogens (tertiary/aromatic N) is 2. The molecule has 1 heterocycles. The van der Waals surface area contributed by atoms with Gasteiger partial charge in [-0.3, -0.25) is 10.2 Å². The second kappa shape index (κ2) is 4.21. The minimum Gasteiger partial charge on any atom is -0.345 e. The van der Waals surface area contributed by atoms with Gasteiger partial charge in [-0.25, -0.2) is 0 Å². The summed E-state index contributed by atoms with van der Waals surface area (Å²) in [6.07, 6.45) is 1.70. The Bertz CT molecular complexity index is 273. The highest BCUT2D eigenvalue weighted by molar-refractivity contribution is 5.92. The average Bonchev–Trinajstić information content (AvgIpc) is 2.14. The monoisotopic (exact) mass is 211 g/mol. The molecule has 0 aromatic heterocycles. The van der Waals surface area contributed by atoms with Crippen LogP contribution in [0.2, 0.25) is 0 Å². The van der Waals surface area contributed by atoms with Gasteiger partial charge in [0, 0.05) is 26.6 Å². The Kier molecular flexibility index (Phi) is 3.37. The first kappa shape index (κ1) is 12.0. The van der Waals surface area contributed by atoms with Crippen molar-refractivity contribution >= 4 is 11.7 Å². The summed E-state index contributed by atoms with van der Waals surface area (Å²) < 4.78 is 0. The molecule has 0 aromatic rings. The summed E-state index contributed by atoms with van der Waals surface area (Å²) in [6, 6.07) is 0. The zero-order chi connectivity index (χ0) is 11.6. The molecule has 1 aliphatic rings. The molecule has 4 nitrogen and oxygen atoms in total. The van der Waals surface area contributed by atoms with Crippen molar-refractivity contribution < 1.29 is 4.79 Å². The van der Waals surface area contributed by atoms with Crippen molar-refractivity contribution in [3.63, 3.8) is 0 Å². The number of piperazine rings is 1. The van der Waals surface area contributed by atoms with Crippen molar-refractivity contribution in [2.45, 2.75) is 39.2 Å². The smallest absolute Gasteiger partial charge is 0.247 e. The standard InChI is InChI=1S/C11H21N3O/c1-5-6-9(12)14-8-7-13(4)10(15)11(14,2)3/h12H,5-8H2,1-4H3. The molecule has 1 rings (SSSR count). The van der Waals surface area contributed by atoms with E-state index in [1.807, 2.05) is 25.8 Å². The van der Waals surface area contributed by atoms with Crippen molar-refractivity contribution in [3.05, 3.63) is 0 Å². The number of amidine groups is 1. The fourth-order valence-corrected chi connectivity index (χ4v) is 2.06. The van der Waals surface area contributed by atoms with E-state index < -0.39 is 5.54 Å². The van der Waals surface area contributed by atoms with Crippen molar-refractivity contribution in [1.82, 2.24) is 9.80 Å². The highest BCUT2D eigenvalue weighted by Crippen LogP contribution is 2.22.